The lowest BCUT2D eigenvalue weighted by Crippen LogP contribution is -2.29. The molecule has 6 heteroatoms. The van der Waals surface area contributed by atoms with Crippen LogP contribution >= 0.6 is 15.9 Å². The summed E-state index contributed by atoms with van der Waals surface area (Å²) >= 11 is 3.20. The number of halogens is 2. The third-order valence-electron chi connectivity index (χ3n) is 2.27. The molecule has 0 aliphatic carbocycles. The van der Waals surface area contributed by atoms with Crippen LogP contribution in [0.5, 0.6) is 0 Å². The number of nitrogens with zero attached hydrogens (tertiary/aromatic N) is 2. The SMILES string of the molecule is C/N=N\c1cc(C)c(F)c(Br)c1NCC(C)(C)O. The summed E-state index contributed by atoms with van der Waals surface area (Å²) in [4.78, 5) is 0. The largest absolute Gasteiger partial charge is 0.389 e. The molecule has 0 spiro atoms. The van der Waals surface area contributed by atoms with E-state index in [-0.39, 0.29) is 12.4 Å². The van der Waals surface area contributed by atoms with Gasteiger partial charge in [0.15, 0.2) is 0 Å². The number of hydrogen-bond donors (Lipinski definition) is 2. The van der Waals surface area contributed by atoms with E-state index >= 15 is 0 Å². The van der Waals surface area contributed by atoms with Gasteiger partial charge >= 0.3 is 0 Å². The highest BCUT2D eigenvalue weighted by molar-refractivity contribution is 9.10. The molecule has 18 heavy (non-hydrogen) atoms. The van der Waals surface area contributed by atoms with E-state index < -0.39 is 5.60 Å². The van der Waals surface area contributed by atoms with Gasteiger partial charge in [0.25, 0.3) is 0 Å². The summed E-state index contributed by atoms with van der Waals surface area (Å²) in [5.74, 6) is -0.344. The molecule has 0 radical (unpaired) electrons. The molecule has 1 aromatic carbocycles. The summed E-state index contributed by atoms with van der Waals surface area (Å²) < 4.78 is 14.1. The first-order valence-electron chi connectivity index (χ1n) is 5.51. The Hall–Kier alpha value is -1.01. The molecule has 1 aromatic rings. The Morgan fingerprint density at radius 2 is 2.11 bits per heavy atom. The molecule has 0 fully saturated rings. The Morgan fingerprint density at radius 3 is 2.61 bits per heavy atom. The average Bonchev–Trinajstić information content (AvgIpc) is 2.24. The standard InChI is InChI=1S/C12H17BrFN3O/c1-7-5-8(17-15-4)11(9(13)10(7)14)16-6-12(2,3)18/h5,16,18H,6H2,1-4H3/b17-15-. The Morgan fingerprint density at radius 1 is 1.50 bits per heavy atom. The van der Waals surface area contributed by atoms with Crippen molar-refractivity contribution in [3.63, 3.8) is 0 Å². The minimum atomic E-state index is -0.901. The Kier molecular flexibility index (Phi) is 4.81. The van der Waals surface area contributed by atoms with Crippen LogP contribution in [-0.2, 0) is 0 Å². The minimum absolute atomic E-state index is 0.278. The first kappa shape index (κ1) is 15.0. The maximum atomic E-state index is 13.8. The summed E-state index contributed by atoms with van der Waals surface area (Å²) in [6.45, 7) is 5.27. The molecular weight excluding hydrogens is 301 g/mol. The molecule has 100 valence electrons. The van der Waals surface area contributed by atoms with E-state index in [4.69, 9.17) is 0 Å². The highest BCUT2D eigenvalue weighted by atomic mass is 79.9. The van der Waals surface area contributed by atoms with Crippen LogP contribution in [0, 0.1) is 12.7 Å². The Labute approximate surface area is 114 Å². The van der Waals surface area contributed by atoms with Crippen LogP contribution in [0.1, 0.15) is 19.4 Å². The van der Waals surface area contributed by atoms with Crippen LogP contribution in [0.4, 0.5) is 15.8 Å². The number of anilines is 1. The molecule has 0 aliphatic rings. The van der Waals surface area contributed by atoms with Crippen molar-refractivity contribution >= 4 is 27.3 Å². The summed E-state index contributed by atoms with van der Waals surface area (Å²) in [5, 5.41) is 20.3. The van der Waals surface area contributed by atoms with Crippen LogP contribution in [0.25, 0.3) is 0 Å². The summed E-state index contributed by atoms with van der Waals surface area (Å²) in [6, 6.07) is 1.61. The number of aliphatic hydroxyl groups is 1. The quantitative estimate of drug-likeness (QED) is 0.830. The number of hydrogen-bond acceptors (Lipinski definition) is 4. The second kappa shape index (κ2) is 5.75. The minimum Gasteiger partial charge on any atom is -0.389 e. The number of aryl methyl sites for hydroxylation is 1. The normalized spacial score (nSPS) is 12.2. The predicted molar refractivity (Wildman–Crippen MR) is 74.1 cm³/mol. The van der Waals surface area contributed by atoms with Crippen LogP contribution < -0.4 is 5.32 Å². The van der Waals surface area contributed by atoms with E-state index in [0.29, 0.717) is 21.4 Å². The van der Waals surface area contributed by atoms with E-state index in [1.807, 2.05) is 0 Å². The van der Waals surface area contributed by atoms with E-state index in [2.05, 4.69) is 31.5 Å². The number of rotatable bonds is 4. The lowest BCUT2D eigenvalue weighted by Gasteiger charge is -2.20. The molecule has 0 atom stereocenters. The van der Waals surface area contributed by atoms with Gasteiger partial charge in [-0.1, -0.05) is 0 Å². The molecule has 4 nitrogen and oxygen atoms in total. The molecular formula is C12H17BrFN3O. The zero-order valence-corrected chi connectivity index (χ0v) is 12.5. The molecule has 0 bridgehead atoms. The Bertz CT molecular complexity index is 469. The fourth-order valence-corrected chi connectivity index (χ4v) is 2.05. The molecule has 0 heterocycles. The molecule has 2 N–H and O–H groups in total. The molecule has 1 rings (SSSR count). The molecule has 0 aliphatic heterocycles. The fourth-order valence-electron chi connectivity index (χ4n) is 1.40. The summed E-state index contributed by atoms with van der Waals surface area (Å²) in [5.41, 5.74) is 0.609. The van der Waals surface area contributed by atoms with E-state index in [9.17, 15) is 9.50 Å². The lowest BCUT2D eigenvalue weighted by atomic mass is 10.1. The lowest BCUT2D eigenvalue weighted by molar-refractivity contribution is 0.0945. The van der Waals surface area contributed by atoms with Crippen molar-refractivity contribution in [2.45, 2.75) is 26.4 Å². The second-order valence-electron chi connectivity index (χ2n) is 4.68. The summed E-state index contributed by atoms with van der Waals surface area (Å²) in [7, 11) is 1.55. The smallest absolute Gasteiger partial charge is 0.142 e. The van der Waals surface area contributed by atoms with Gasteiger partial charge in [0.1, 0.15) is 11.5 Å². The van der Waals surface area contributed by atoms with Gasteiger partial charge in [-0.2, -0.15) is 10.2 Å². The predicted octanol–water partition coefficient (Wildman–Crippen LogP) is 3.79. The van der Waals surface area contributed by atoms with Crippen molar-refractivity contribution in [3.8, 4) is 0 Å². The van der Waals surface area contributed by atoms with Gasteiger partial charge in [0.2, 0.25) is 0 Å². The van der Waals surface area contributed by atoms with E-state index in [0.717, 1.165) is 0 Å². The Balaban J connectivity index is 3.18. The topological polar surface area (TPSA) is 57.0 Å². The average molecular weight is 318 g/mol. The van der Waals surface area contributed by atoms with Gasteiger partial charge in [-0.15, -0.1) is 0 Å². The number of benzene rings is 1. The third kappa shape index (κ3) is 3.74. The fraction of sp³-hybridized carbons (Fsp3) is 0.500. The van der Waals surface area contributed by atoms with E-state index in [1.54, 1.807) is 33.9 Å². The molecule has 0 saturated heterocycles. The maximum Gasteiger partial charge on any atom is 0.142 e. The second-order valence-corrected chi connectivity index (χ2v) is 5.47. The van der Waals surface area contributed by atoms with Crippen molar-refractivity contribution in [1.29, 1.82) is 0 Å². The molecule has 0 unspecified atom stereocenters. The van der Waals surface area contributed by atoms with Crippen molar-refractivity contribution in [2.24, 2.45) is 10.2 Å². The number of azo groups is 1. The monoisotopic (exact) mass is 317 g/mol. The van der Waals surface area contributed by atoms with Crippen molar-refractivity contribution in [3.05, 3.63) is 21.9 Å². The molecule has 0 aromatic heterocycles. The van der Waals surface area contributed by atoms with Crippen LogP contribution in [0.3, 0.4) is 0 Å². The van der Waals surface area contributed by atoms with Crippen LogP contribution in [0.15, 0.2) is 20.8 Å². The van der Waals surface area contributed by atoms with Gasteiger partial charge < -0.3 is 10.4 Å². The van der Waals surface area contributed by atoms with Gasteiger partial charge in [-0.25, -0.2) is 4.39 Å². The van der Waals surface area contributed by atoms with Crippen LogP contribution in [-0.4, -0.2) is 24.3 Å². The van der Waals surface area contributed by atoms with Gasteiger partial charge in [-0.3, -0.25) is 0 Å². The molecule has 0 amide bonds. The van der Waals surface area contributed by atoms with Crippen molar-refractivity contribution < 1.29 is 9.50 Å². The van der Waals surface area contributed by atoms with Crippen molar-refractivity contribution in [1.82, 2.24) is 0 Å². The van der Waals surface area contributed by atoms with Gasteiger partial charge in [0, 0.05) is 13.6 Å². The number of nitrogens with one attached hydrogen (secondary N) is 1. The van der Waals surface area contributed by atoms with Gasteiger partial charge in [-0.05, 0) is 48.3 Å². The first-order valence-corrected chi connectivity index (χ1v) is 6.30. The first-order chi connectivity index (χ1) is 8.26. The zero-order valence-electron chi connectivity index (χ0n) is 10.9. The van der Waals surface area contributed by atoms with Crippen LogP contribution in [0.2, 0.25) is 0 Å². The van der Waals surface area contributed by atoms with E-state index in [1.165, 1.54) is 0 Å². The van der Waals surface area contributed by atoms with Gasteiger partial charge in [0.05, 0.1) is 15.8 Å². The molecule has 0 saturated carbocycles. The summed E-state index contributed by atoms with van der Waals surface area (Å²) in [6.07, 6.45) is 0. The highest BCUT2D eigenvalue weighted by Gasteiger charge is 2.18. The highest BCUT2D eigenvalue weighted by Crippen LogP contribution is 2.37. The maximum absolute atomic E-state index is 13.8. The van der Waals surface area contributed by atoms with Crippen molar-refractivity contribution in [2.75, 3.05) is 18.9 Å². The third-order valence-corrected chi connectivity index (χ3v) is 3.02. The zero-order chi connectivity index (χ0) is 13.9.